The molecule has 0 aliphatic carbocycles. The number of carbonyl (C=O) groups excluding carboxylic acids is 1. The van der Waals surface area contributed by atoms with E-state index in [4.69, 9.17) is 5.73 Å². The summed E-state index contributed by atoms with van der Waals surface area (Å²) in [5, 5.41) is 1.80. The van der Waals surface area contributed by atoms with Crippen molar-refractivity contribution in [2.45, 2.75) is 31.5 Å². The Labute approximate surface area is 181 Å². The van der Waals surface area contributed by atoms with Crippen LogP contribution in [0.3, 0.4) is 0 Å². The Hall–Kier alpha value is -2.94. The van der Waals surface area contributed by atoms with E-state index in [0.717, 1.165) is 20.6 Å². The predicted octanol–water partition coefficient (Wildman–Crippen LogP) is 5.01. The number of thioether (sulfide) groups is 1. The number of halogens is 3. The van der Waals surface area contributed by atoms with Crippen molar-refractivity contribution in [3.05, 3.63) is 64.1 Å². The first kappa shape index (κ1) is 22.7. The number of fused-ring (bicyclic) bond motifs is 1. The molecule has 3 aromatic rings. The van der Waals surface area contributed by atoms with E-state index < -0.39 is 29.0 Å². The van der Waals surface area contributed by atoms with E-state index in [0.29, 0.717) is 21.9 Å². The Bertz CT molecular complexity index is 1210. The Morgan fingerprint density at radius 2 is 1.74 bits per heavy atom. The van der Waals surface area contributed by atoms with Crippen LogP contribution in [0.5, 0.6) is 0 Å². The van der Waals surface area contributed by atoms with Gasteiger partial charge in [-0.1, -0.05) is 31.2 Å². The summed E-state index contributed by atoms with van der Waals surface area (Å²) < 4.78 is 40.6. The number of benzene rings is 2. The number of pyridine rings is 1. The van der Waals surface area contributed by atoms with Crippen LogP contribution in [-0.2, 0) is 12.7 Å². The lowest BCUT2D eigenvalue weighted by Crippen LogP contribution is -2.37. The zero-order valence-corrected chi connectivity index (χ0v) is 18.1. The SMILES string of the molecule is CCSc1cc2ccccc2cc1C(=O)N(C)c1c(N)cc(C(F)(F)F)n(CC)c1=O. The van der Waals surface area contributed by atoms with Gasteiger partial charge >= 0.3 is 6.18 Å². The lowest BCUT2D eigenvalue weighted by molar-refractivity contribution is -0.144. The van der Waals surface area contributed by atoms with E-state index in [2.05, 4.69) is 0 Å². The van der Waals surface area contributed by atoms with Crippen molar-refractivity contribution >= 4 is 39.8 Å². The topological polar surface area (TPSA) is 68.3 Å². The molecule has 1 heterocycles. The summed E-state index contributed by atoms with van der Waals surface area (Å²) >= 11 is 1.47. The van der Waals surface area contributed by atoms with Gasteiger partial charge in [-0.15, -0.1) is 11.8 Å². The number of nitrogen functional groups attached to an aromatic ring is 1. The molecule has 0 saturated carbocycles. The van der Waals surface area contributed by atoms with Crippen LogP contribution in [0, 0.1) is 0 Å². The minimum atomic E-state index is -4.74. The van der Waals surface area contributed by atoms with Gasteiger partial charge in [0.1, 0.15) is 11.4 Å². The molecule has 0 aliphatic rings. The molecular weight excluding hydrogens is 427 g/mol. The first-order valence-electron chi connectivity index (χ1n) is 9.64. The highest BCUT2D eigenvalue weighted by Gasteiger charge is 2.36. The largest absolute Gasteiger partial charge is 0.431 e. The minimum Gasteiger partial charge on any atom is -0.397 e. The van der Waals surface area contributed by atoms with Gasteiger partial charge in [0.15, 0.2) is 0 Å². The third-order valence-corrected chi connectivity index (χ3v) is 5.87. The summed E-state index contributed by atoms with van der Waals surface area (Å²) in [5.41, 5.74) is 3.41. The molecule has 0 fully saturated rings. The number of anilines is 2. The number of nitrogens with two attached hydrogens (primary N) is 1. The van der Waals surface area contributed by atoms with Gasteiger partial charge in [0.25, 0.3) is 11.5 Å². The fourth-order valence-corrected chi connectivity index (χ4v) is 4.31. The second-order valence-corrected chi connectivity index (χ2v) is 8.18. The Balaban J connectivity index is 2.16. The molecule has 2 aromatic carbocycles. The van der Waals surface area contributed by atoms with Crippen molar-refractivity contribution in [2.75, 3.05) is 23.4 Å². The fourth-order valence-electron chi connectivity index (χ4n) is 3.48. The van der Waals surface area contributed by atoms with Crippen molar-refractivity contribution in [1.82, 2.24) is 4.57 Å². The minimum absolute atomic E-state index is 0.212. The molecule has 0 unspecified atom stereocenters. The van der Waals surface area contributed by atoms with Crippen molar-refractivity contribution in [1.29, 1.82) is 0 Å². The zero-order valence-electron chi connectivity index (χ0n) is 17.3. The number of amides is 1. The van der Waals surface area contributed by atoms with Gasteiger partial charge in [0.2, 0.25) is 0 Å². The van der Waals surface area contributed by atoms with Gasteiger partial charge in [-0.3, -0.25) is 9.59 Å². The van der Waals surface area contributed by atoms with Gasteiger partial charge in [0.05, 0.1) is 11.3 Å². The molecule has 0 atom stereocenters. The van der Waals surface area contributed by atoms with E-state index in [1.165, 1.54) is 25.7 Å². The highest BCUT2D eigenvalue weighted by atomic mass is 32.2. The Kier molecular flexibility index (Phi) is 6.35. The number of nitrogens with zero attached hydrogens (tertiary/aromatic N) is 2. The van der Waals surface area contributed by atoms with Gasteiger partial charge in [-0.2, -0.15) is 13.2 Å². The van der Waals surface area contributed by atoms with Crippen LogP contribution in [0.4, 0.5) is 24.5 Å². The normalized spacial score (nSPS) is 11.7. The molecular formula is C22H22F3N3O2S. The number of carbonyl (C=O) groups is 1. The smallest absolute Gasteiger partial charge is 0.397 e. The maximum Gasteiger partial charge on any atom is 0.431 e. The molecule has 1 aromatic heterocycles. The van der Waals surface area contributed by atoms with Crippen LogP contribution in [0.25, 0.3) is 10.8 Å². The first-order valence-corrected chi connectivity index (χ1v) is 10.6. The molecule has 2 N–H and O–H groups in total. The summed E-state index contributed by atoms with van der Waals surface area (Å²) in [6, 6.07) is 11.9. The van der Waals surface area contributed by atoms with Crippen molar-refractivity contribution < 1.29 is 18.0 Å². The summed E-state index contributed by atoms with van der Waals surface area (Å²) in [4.78, 5) is 28.0. The molecule has 0 saturated heterocycles. The van der Waals surface area contributed by atoms with Crippen molar-refractivity contribution in [3.63, 3.8) is 0 Å². The lowest BCUT2D eigenvalue weighted by atomic mass is 10.1. The predicted molar refractivity (Wildman–Crippen MR) is 119 cm³/mol. The van der Waals surface area contributed by atoms with Crippen LogP contribution in [0.1, 0.15) is 29.9 Å². The molecule has 0 bridgehead atoms. The van der Waals surface area contributed by atoms with Gasteiger partial charge in [-0.05, 0) is 41.6 Å². The number of alkyl halides is 3. The average Bonchev–Trinajstić information content (AvgIpc) is 2.71. The van der Waals surface area contributed by atoms with Crippen LogP contribution in [0.15, 0.2) is 52.2 Å². The van der Waals surface area contributed by atoms with E-state index in [9.17, 15) is 22.8 Å². The lowest BCUT2D eigenvalue weighted by Gasteiger charge is -2.23. The molecule has 5 nitrogen and oxygen atoms in total. The standard InChI is InChI=1S/C22H22F3N3O2S/c1-4-28-18(22(23,24)25)12-16(26)19(21(28)30)27(3)20(29)15-10-13-8-6-7-9-14(13)11-17(15)31-5-2/h6-12H,4-5,26H2,1-3H3. The maximum atomic E-state index is 13.4. The summed E-state index contributed by atoms with van der Waals surface area (Å²) in [6.07, 6.45) is -4.74. The molecule has 0 radical (unpaired) electrons. The molecule has 3 rings (SSSR count). The highest BCUT2D eigenvalue weighted by Crippen LogP contribution is 2.34. The van der Waals surface area contributed by atoms with E-state index in [-0.39, 0.29) is 12.2 Å². The molecule has 31 heavy (non-hydrogen) atoms. The second kappa shape index (κ2) is 8.66. The van der Waals surface area contributed by atoms with Gasteiger partial charge in [0, 0.05) is 18.5 Å². The molecule has 0 aliphatic heterocycles. The fraction of sp³-hybridized carbons (Fsp3) is 0.273. The molecule has 1 amide bonds. The van der Waals surface area contributed by atoms with Crippen LogP contribution in [0.2, 0.25) is 0 Å². The van der Waals surface area contributed by atoms with Crippen molar-refractivity contribution in [2.24, 2.45) is 0 Å². The first-order chi connectivity index (χ1) is 14.6. The third kappa shape index (κ3) is 4.27. The number of hydrogen-bond donors (Lipinski definition) is 1. The maximum absolute atomic E-state index is 13.4. The quantitative estimate of drug-likeness (QED) is 0.556. The highest BCUT2D eigenvalue weighted by molar-refractivity contribution is 7.99. The monoisotopic (exact) mass is 449 g/mol. The number of hydrogen-bond acceptors (Lipinski definition) is 4. The molecule has 164 valence electrons. The van der Waals surface area contributed by atoms with Crippen LogP contribution in [-0.4, -0.2) is 23.3 Å². The zero-order chi connectivity index (χ0) is 22.9. The summed E-state index contributed by atoms with van der Waals surface area (Å²) in [5.74, 6) is 0.195. The number of rotatable bonds is 5. The number of aromatic nitrogens is 1. The molecule has 9 heteroatoms. The van der Waals surface area contributed by atoms with Crippen molar-refractivity contribution in [3.8, 4) is 0 Å². The van der Waals surface area contributed by atoms with Crippen LogP contribution < -0.4 is 16.2 Å². The van der Waals surface area contributed by atoms with Gasteiger partial charge < -0.3 is 15.2 Å². The summed E-state index contributed by atoms with van der Waals surface area (Å²) in [7, 11) is 1.35. The third-order valence-electron chi connectivity index (χ3n) is 4.93. The van der Waals surface area contributed by atoms with Gasteiger partial charge in [-0.25, -0.2) is 0 Å². The van der Waals surface area contributed by atoms with E-state index in [1.807, 2.05) is 37.3 Å². The second-order valence-electron chi connectivity index (χ2n) is 6.87. The molecule has 0 spiro atoms. The Morgan fingerprint density at radius 3 is 2.29 bits per heavy atom. The van der Waals surface area contributed by atoms with E-state index >= 15 is 0 Å². The Morgan fingerprint density at radius 1 is 1.13 bits per heavy atom. The average molecular weight is 449 g/mol. The van der Waals surface area contributed by atoms with Crippen LogP contribution >= 0.6 is 11.8 Å². The van der Waals surface area contributed by atoms with E-state index in [1.54, 1.807) is 6.07 Å². The summed E-state index contributed by atoms with van der Waals surface area (Å²) in [6.45, 7) is 3.17.